The van der Waals surface area contributed by atoms with Crippen molar-refractivity contribution in [1.82, 2.24) is 0 Å². The third-order valence-corrected chi connectivity index (χ3v) is 3.12. The van der Waals surface area contributed by atoms with Gasteiger partial charge < -0.3 is 5.73 Å². The Kier molecular flexibility index (Phi) is 3.99. The summed E-state index contributed by atoms with van der Waals surface area (Å²) >= 11 is 0. The highest BCUT2D eigenvalue weighted by Gasteiger charge is 2.24. The van der Waals surface area contributed by atoms with Crippen molar-refractivity contribution in [2.75, 3.05) is 6.54 Å². The second-order valence-corrected chi connectivity index (χ2v) is 4.04. The molecule has 1 aliphatic rings. The van der Waals surface area contributed by atoms with E-state index in [1.54, 1.807) is 6.92 Å². The summed E-state index contributed by atoms with van der Waals surface area (Å²) in [4.78, 5) is 0. The van der Waals surface area contributed by atoms with Gasteiger partial charge in [-0.05, 0) is 44.6 Å². The minimum absolute atomic E-state index is 0.332. The molecule has 0 aromatic carbocycles. The Morgan fingerprint density at radius 1 is 1.33 bits per heavy atom. The molecule has 0 saturated heterocycles. The molecule has 0 amide bonds. The fraction of sp³-hybridized carbons (Fsp3) is 1.00. The van der Waals surface area contributed by atoms with Gasteiger partial charge >= 0.3 is 0 Å². The highest BCUT2D eigenvalue weighted by molar-refractivity contribution is 4.75. The van der Waals surface area contributed by atoms with Crippen LogP contribution in [-0.2, 0) is 0 Å². The lowest BCUT2D eigenvalue weighted by atomic mass is 9.79. The Labute approximate surface area is 74.5 Å². The van der Waals surface area contributed by atoms with Crippen LogP contribution in [0, 0.1) is 11.8 Å². The highest BCUT2D eigenvalue weighted by Crippen LogP contribution is 2.33. The van der Waals surface area contributed by atoms with E-state index >= 15 is 0 Å². The van der Waals surface area contributed by atoms with Crippen LogP contribution < -0.4 is 5.73 Å². The normalized spacial score (nSPS) is 33.2. The third kappa shape index (κ3) is 2.74. The Balaban J connectivity index is 2.20. The lowest BCUT2D eigenvalue weighted by Gasteiger charge is -2.28. The summed E-state index contributed by atoms with van der Waals surface area (Å²) in [6, 6.07) is 0. The maximum absolute atomic E-state index is 12.9. The van der Waals surface area contributed by atoms with Crippen molar-refractivity contribution in [1.29, 1.82) is 0 Å². The Morgan fingerprint density at radius 3 is 2.33 bits per heavy atom. The zero-order chi connectivity index (χ0) is 8.97. The topological polar surface area (TPSA) is 26.0 Å². The van der Waals surface area contributed by atoms with Gasteiger partial charge in [-0.15, -0.1) is 0 Å². The molecular formula is C10H20FN. The molecule has 0 radical (unpaired) electrons. The van der Waals surface area contributed by atoms with Crippen LogP contribution in [0.25, 0.3) is 0 Å². The first-order valence-electron chi connectivity index (χ1n) is 5.08. The molecule has 0 spiro atoms. The van der Waals surface area contributed by atoms with Crippen molar-refractivity contribution in [2.24, 2.45) is 17.6 Å². The van der Waals surface area contributed by atoms with Crippen molar-refractivity contribution in [3.8, 4) is 0 Å². The van der Waals surface area contributed by atoms with Crippen molar-refractivity contribution in [2.45, 2.75) is 45.2 Å². The molecule has 1 unspecified atom stereocenters. The first kappa shape index (κ1) is 9.97. The summed E-state index contributed by atoms with van der Waals surface area (Å²) in [5.74, 6) is 1.11. The number of hydrogen-bond donors (Lipinski definition) is 1. The molecule has 0 bridgehead atoms. The molecule has 72 valence electrons. The number of halogens is 1. The first-order valence-corrected chi connectivity index (χ1v) is 5.08. The summed E-state index contributed by atoms with van der Waals surface area (Å²) in [5, 5.41) is 0. The van der Waals surface area contributed by atoms with Crippen LogP contribution in [0.4, 0.5) is 4.39 Å². The van der Waals surface area contributed by atoms with Crippen LogP contribution >= 0.6 is 0 Å². The summed E-state index contributed by atoms with van der Waals surface area (Å²) in [5.41, 5.74) is 5.48. The molecule has 0 heterocycles. The van der Waals surface area contributed by atoms with Gasteiger partial charge in [0.05, 0.1) is 0 Å². The molecular weight excluding hydrogens is 153 g/mol. The largest absolute Gasteiger partial charge is 0.330 e. The number of hydrogen-bond acceptors (Lipinski definition) is 1. The lowest BCUT2D eigenvalue weighted by Crippen LogP contribution is -2.22. The van der Waals surface area contributed by atoms with E-state index in [9.17, 15) is 4.39 Å². The van der Waals surface area contributed by atoms with Gasteiger partial charge in [-0.3, -0.25) is 0 Å². The Hall–Kier alpha value is -0.110. The molecule has 12 heavy (non-hydrogen) atoms. The summed E-state index contributed by atoms with van der Waals surface area (Å²) in [6.07, 6.45) is 5.05. The van der Waals surface area contributed by atoms with E-state index in [1.165, 1.54) is 12.8 Å². The van der Waals surface area contributed by atoms with Crippen LogP contribution in [0.15, 0.2) is 0 Å². The van der Waals surface area contributed by atoms with E-state index in [1.807, 2.05) is 0 Å². The molecule has 1 nitrogen and oxygen atoms in total. The van der Waals surface area contributed by atoms with E-state index in [4.69, 9.17) is 5.73 Å². The molecule has 1 rings (SSSR count). The Bertz CT molecular complexity index is 117. The van der Waals surface area contributed by atoms with Gasteiger partial charge in [0.2, 0.25) is 0 Å². The van der Waals surface area contributed by atoms with Crippen LogP contribution in [0.5, 0.6) is 0 Å². The molecule has 2 N–H and O–H groups in total. The monoisotopic (exact) mass is 173 g/mol. The maximum Gasteiger partial charge on any atom is 0.100 e. The second-order valence-electron chi connectivity index (χ2n) is 4.04. The van der Waals surface area contributed by atoms with Gasteiger partial charge in [0, 0.05) is 0 Å². The van der Waals surface area contributed by atoms with Crippen LogP contribution in [0.3, 0.4) is 0 Å². The van der Waals surface area contributed by atoms with Gasteiger partial charge in [-0.1, -0.05) is 12.8 Å². The average molecular weight is 173 g/mol. The minimum atomic E-state index is -0.608. The van der Waals surface area contributed by atoms with E-state index in [0.29, 0.717) is 5.92 Å². The molecule has 1 atom stereocenters. The summed E-state index contributed by atoms with van der Waals surface area (Å²) in [7, 11) is 0. The van der Waals surface area contributed by atoms with Crippen LogP contribution in [-0.4, -0.2) is 12.7 Å². The molecule has 0 aliphatic heterocycles. The fourth-order valence-electron chi connectivity index (χ4n) is 2.17. The minimum Gasteiger partial charge on any atom is -0.330 e. The Morgan fingerprint density at radius 2 is 1.92 bits per heavy atom. The van der Waals surface area contributed by atoms with Crippen molar-refractivity contribution < 1.29 is 4.39 Å². The van der Waals surface area contributed by atoms with E-state index in [0.717, 1.165) is 31.7 Å². The fourth-order valence-corrected chi connectivity index (χ4v) is 2.17. The van der Waals surface area contributed by atoms with Gasteiger partial charge in [-0.2, -0.15) is 0 Å². The van der Waals surface area contributed by atoms with E-state index < -0.39 is 6.17 Å². The van der Waals surface area contributed by atoms with Crippen molar-refractivity contribution >= 4 is 0 Å². The molecule has 2 heteroatoms. The molecule has 0 aromatic rings. The standard InChI is InChI=1S/C10H20FN/c1-8(11)10-4-2-9(3-5-10)6-7-12/h8-10H,2-7,12H2,1H3. The summed E-state index contributed by atoms with van der Waals surface area (Å²) in [6.45, 7) is 2.48. The number of rotatable bonds is 3. The predicted molar refractivity (Wildman–Crippen MR) is 49.7 cm³/mol. The van der Waals surface area contributed by atoms with Crippen LogP contribution in [0.1, 0.15) is 39.0 Å². The lowest BCUT2D eigenvalue weighted by molar-refractivity contribution is 0.166. The number of alkyl halides is 1. The predicted octanol–water partition coefficient (Wildman–Crippen LogP) is 2.50. The zero-order valence-corrected chi connectivity index (χ0v) is 7.93. The van der Waals surface area contributed by atoms with Gasteiger partial charge in [0.1, 0.15) is 6.17 Å². The van der Waals surface area contributed by atoms with Crippen molar-refractivity contribution in [3.63, 3.8) is 0 Å². The van der Waals surface area contributed by atoms with Crippen LogP contribution in [0.2, 0.25) is 0 Å². The molecule has 1 aliphatic carbocycles. The molecule has 0 aromatic heterocycles. The highest BCUT2D eigenvalue weighted by atomic mass is 19.1. The van der Waals surface area contributed by atoms with Gasteiger partial charge in [0.15, 0.2) is 0 Å². The summed E-state index contributed by atoms with van der Waals surface area (Å²) < 4.78 is 12.9. The van der Waals surface area contributed by atoms with Gasteiger partial charge in [-0.25, -0.2) is 4.39 Å². The quantitative estimate of drug-likeness (QED) is 0.697. The van der Waals surface area contributed by atoms with Crippen molar-refractivity contribution in [3.05, 3.63) is 0 Å². The van der Waals surface area contributed by atoms with E-state index in [-0.39, 0.29) is 0 Å². The number of nitrogens with two attached hydrogens (primary N) is 1. The molecule has 1 saturated carbocycles. The first-order chi connectivity index (χ1) is 5.74. The zero-order valence-electron chi connectivity index (χ0n) is 7.93. The second kappa shape index (κ2) is 4.80. The molecule has 1 fully saturated rings. The van der Waals surface area contributed by atoms with E-state index in [2.05, 4.69) is 0 Å². The smallest absolute Gasteiger partial charge is 0.100 e. The third-order valence-electron chi connectivity index (χ3n) is 3.12. The van der Waals surface area contributed by atoms with Gasteiger partial charge in [0.25, 0.3) is 0 Å². The average Bonchev–Trinajstić information content (AvgIpc) is 2.06. The SMILES string of the molecule is CC(F)C1CCC(CCN)CC1. The maximum atomic E-state index is 12.9.